The van der Waals surface area contributed by atoms with Crippen LogP contribution >= 0.6 is 11.8 Å². The third-order valence-corrected chi connectivity index (χ3v) is 4.30. The zero-order valence-electron chi connectivity index (χ0n) is 13.2. The average Bonchev–Trinajstić information content (AvgIpc) is 2.85. The Balaban J connectivity index is 2.14. The van der Waals surface area contributed by atoms with E-state index in [9.17, 15) is 0 Å². The lowest BCUT2D eigenvalue weighted by Gasteiger charge is -2.12. The van der Waals surface area contributed by atoms with Crippen LogP contribution in [-0.2, 0) is 18.6 Å². The van der Waals surface area contributed by atoms with Gasteiger partial charge >= 0.3 is 0 Å². The van der Waals surface area contributed by atoms with Crippen LogP contribution in [-0.4, -0.2) is 28.0 Å². The molecular weight excluding hydrogens is 298 g/mol. The smallest absolute Gasteiger partial charge is 0.210 e. The average molecular weight is 321 g/mol. The summed E-state index contributed by atoms with van der Waals surface area (Å²) in [4.78, 5) is 0. The number of nitrogens with two attached hydrogens (primary N) is 2. The van der Waals surface area contributed by atoms with Crippen molar-refractivity contribution in [3.63, 3.8) is 0 Å². The van der Waals surface area contributed by atoms with Gasteiger partial charge in [0.25, 0.3) is 0 Å². The number of aromatic nitrogens is 3. The highest BCUT2D eigenvalue weighted by Gasteiger charge is 2.11. The predicted molar refractivity (Wildman–Crippen MR) is 89.5 cm³/mol. The van der Waals surface area contributed by atoms with Crippen molar-refractivity contribution in [1.29, 1.82) is 0 Å². The molecule has 2 aromatic rings. The second-order valence-electron chi connectivity index (χ2n) is 5.24. The van der Waals surface area contributed by atoms with Crippen LogP contribution < -0.4 is 16.3 Å². The van der Waals surface area contributed by atoms with E-state index in [1.807, 2.05) is 19.9 Å². The molecule has 7 heteroatoms. The van der Waals surface area contributed by atoms with Gasteiger partial charge in [0.1, 0.15) is 5.75 Å². The first-order valence-corrected chi connectivity index (χ1v) is 8.27. The van der Waals surface area contributed by atoms with Crippen molar-refractivity contribution in [2.45, 2.75) is 43.6 Å². The predicted octanol–water partition coefficient (Wildman–Crippen LogP) is 1.74. The molecule has 0 aliphatic rings. The van der Waals surface area contributed by atoms with Gasteiger partial charge in [0.15, 0.2) is 5.82 Å². The SMILES string of the molecule is CCc1nnc(SCc2cc(CC(C)N)ccc2OC)n1N. The molecule has 1 aromatic heterocycles. The summed E-state index contributed by atoms with van der Waals surface area (Å²) in [5.41, 5.74) is 8.18. The number of nitrogens with zero attached hydrogens (tertiary/aromatic N) is 3. The van der Waals surface area contributed by atoms with Crippen molar-refractivity contribution in [2.24, 2.45) is 5.73 Å². The first-order chi connectivity index (χ1) is 10.5. The number of thioether (sulfide) groups is 1. The first kappa shape index (κ1) is 16.6. The van der Waals surface area contributed by atoms with Crippen LogP contribution in [0.15, 0.2) is 23.4 Å². The molecule has 22 heavy (non-hydrogen) atoms. The molecule has 1 atom stereocenters. The van der Waals surface area contributed by atoms with E-state index in [2.05, 4.69) is 22.3 Å². The van der Waals surface area contributed by atoms with Gasteiger partial charge in [0.05, 0.1) is 7.11 Å². The number of benzene rings is 1. The van der Waals surface area contributed by atoms with Crippen LogP contribution in [0.3, 0.4) is 0 Å². The minimum atomic E-state index is 0.133. The van der Waals surface area contributed by atoms with Crippen LogP contribution in [0.1, 0.15) is 30.8 Å². The Kier molecular flexibility index (Phi) is 5.68. The van der Waals surface area contributed by atoms with Crippen LogP contribution in [0.2, 0.25) is 0 Å². The summed E-state index contributed by atoms with van der Waals surface area (Å²) in [6.07, 6.45) is 1.60. The van der Waals surface area contributed by atoms with Crippen LogP contribution in [0.4, 0.5) is 0 Å². The number of ether oxygens (including phenoxy) is 1. The third-order valence-electron chi connectivity index (χ3n) is 3.31. The number of rotatable bonds is 7. The highest BCUT2D eigenvalue weighted by atomic mass is 32.2. The summed E-state index contributed by atoms with van der Waals surface area (Å²) in [5.74, 6) is 8.32. The molecule has 0 fully saturated rings. The fourth-order valence-corrected chi connectivity index (χ4v) is 3.09. The van der Waals surface area contributed by atoms with E-state index < -0.39 is 0 Å². The molecule has 6 nitrogen and oxygen atoms in total. The van der Waals surface area contributed by atoms with Gasteiger partial charge in [-0.2, -0.15) is 0 Å². The number of hydrogen-bond donors (Lipinski definition) is 2. The largest absolute Gasteiger partial charge is 0.496 e. The molecule has 0 aliphatic carbocycles. The highest BCUT2D eigenvalue weighted by molar-refractivity contribution is 7.98. The van der Waals surface area contributed by atoms with Crippen molar-refractivity contribution < 1.29 is 4.74 Å². The molecule has 4 N–H and O–H groups in total. The van der Waals surface area contributed by atoms with Crippen molar-refractivity contribution in [3.8, 4) is 5.75 Å². The molecule has 0 bridgehead atoms. The molecule has 1 unspecified atom stereocenters. The molecule has 1 heterocycles. The molecule has 120 valence electrons. The zero-order valence-corrected chi connectivity index (χ0v) is 14.1. The van der Waals surface area contributed by atoms with Crippen molar-refractivity contribution in [3.05, 3.63) is 35.2 Å². The van der Waals surface area contributed by atoms with Crippen LogP contribution in [0.25, 0.3) is 0 Å². The van der Waals surface area contributed by atoms with Crippen molar-refractivity contribution in [1.82, 2.24) is 14.9 Å². The summed E-state index contributed by atoms with van der Waals surface area (Å²) in [5, 5.41) is 8.89. The van der Waals surface area contributed by atoms with Gasteiger partial charge < -0.3 is 16.3 Å². The van der Waals surface area contributed by atoms with Gasteiger partial charge in [-0.05, 0) is 25.0 Å². The Hall–Kier alpha value is -1.73. The normalized spacial score (nSPS) is 12.4. The van der Waals surface area contributed by atoms with Crippen LogP contribution in [0, 0.1) is 0 Å². The molecule has 0 amide bonds. The van der Waals surface area contributed by atoms with Gasteiger partial charge in [0, 0.05) is 23.8 Å². The standard InChI is InChI=1S/C15H23N5OS/c1-4-14-18-19-15(20(14)17)22-9-12-8-11(7-10(2)16)5-6-13(12)21-3/h5-6,8,10H,4,7,9,16-17H2,1-3H3. The molecular formula is C15H23N5OS. The number of nitrogen functional groups attached to an aromatic ring is 1. The van der Waals surface area contributed by atoms with Gasteiger partial charge in [-0.1, -0.05) is 30.8 Å². The highest BCUT2D eigenvalue weighted by Crippen LogP contribution is 2.28. The van der Waals surface area contributed by atoms with E-state index in [-0.39, 0.29) is 6.04 Å². The summed E-state index contributed by atoms with van der Waals surface area (Å²) < 4.78 is 6.98. The summed E-state index contributed by atoms with van der Waals surface area (Å²) in [7, 11) is 1.68. The van der Waals surface area contributed by atoms with Crippen LogP contribution in [0.5, 0.6) is 5.75 Å². The Morgan fingerprint density at radius 1 is 1.36 bits per heavy atom. The maximum atomic E-state index is 5.97. The fraction of sp³-hybridized carbons (Fsp3) is 0.467. The fourth-order valence-electron chi connectivity index (χ4n) is 2.23. The monoisotopic (exact) mass is 321 g/mol. The molecule has 0 aliphatic heterocycles. The zero-order chi connectivity index (χ0) is 16.1. The van der Waals surface area contributed by atoms with E-state index in [0.717, 1.165) is 35.7 Å². The van der Waals surface area contributed by atoms with Gasteiger partial charge in [0.2, 0.25) is 5.16 Å². The minimum Gasteiger partial charge on any atom is -0.496 e. The summed E-state index contributed by atoms with van der Waals surface area (Å²) in [6.45, 7) is 4.00. The third kappa shape index (κ3) is 3.92. The quantitative estimate of drug-likeness (QED) is 0.596. The Morgan fingerprint density at radius 2 is 2.14 bits per heavy atom. The van der Waals surface area contributed by atoms with E-state index >= 15 is 0 Å². The summed E-state index contributed by atoms with van der Waals surface area (Å²) in [6, 6.07) is 6.30. The lowest BCUT2D eigenvalue weighted by atomic mass is 10.0. The Bertz CT molecular complexity index is 626. The molecule has 0 saturated carbocycles. The van der Waals surface area contributed by atoms with Gasteiger partial charge in [-0.25, -0.2) is 4.68 Å². The van der Waals surface area contributed by atoms with Gasteiger partial charge in [-0.3, -0.25) is 0 Å². The number of aryl methyl sites for hydroxylation is 1. The number of methoxy groups -OCH3 is 1. The Labute approximate surface area is 135 Å². The van der Waals surface area contributed by atoms with E-state index in [1.54, 1.807) is 23.5 Å². The molecule has 0 radical (unpaired) electrons. The lowest BCUT2D eigenvalue weighted by Crippen LogP contribution is -2.17. The molecule has 0 spiro atoms. The second kappa shape index (κ2) is 7.51. The van der Waals surface area contributed by atoms with E-state index in [1.165, 1.54) is 5.56 Å². The van der Waals surface area contributed by atoms with Crippen molar-refractivity contribution >= 4 is 11.8 Å². The minimum absolute atomic E-state index is 0.133. The second-order valence-corrected chi connectivity index (χ2v) is 6.18. The maximum Gasteiger partial charge on any atom is 0.210 e. The van der Waals surface area contributed by atoms with E-state index in [0.29, 0.717) is 5.16 Å². The summed E-state index contributed by atoms with van der Waals surface area (Å²) >= 11 is 1.55. The Morgan fingerprint density at radius 3 is 2.73 bits per heavy atom. The first-order valence-electron chi connectivity index (χ1n) is 7.28. The molecule has 2 rings (SSSR count). The molecule has 0 saturated heterocycles. The lowest BCUT2D eigenvalue weighted by molar-refractivity contribution is 0.411. The topological polar surface area (TPSA) is 92.0 Å². The number of hydrogen-bond acceptors (Lipinski definition) is 6. The maximum absolute atomic E-state index is 5.97. The van der Waals surface area contributed by atoms with Gasteiger partial charge in [-0.15, -0.1) is 10.2 Å². The van der Waals surface area contributed by atoms with E-state index in [4.69, 9.17) is 16.3 Å². The van der Waals surface area contributed by atoms with Crippen molar-refractivity contribution in [2.75, 3.05) is 13.0 Å². The molecule has 1 aromatic carbocycles.